The molecule has 0 aromatic rings. The van der Waals surface area contributed by atoms with Crippen LogP contribution in [0, 0.1) is 0 Å². The van der Waals surface area contributed by atoms with E-state index < -0.39 is 0 Å². The van der Waals surface area contributed by atoms with E-state index in [0.29, 0.717) is 0 Å². The fourth-order valence-electron chi connectivity index (χ4n) is 0.333. The van der Waals surface area contributed by atoms with Crippen LogP contribution in [0.3, 0.4) is 0 Å². The van der Waals surface area contributed by atoms with Crippen molar-refractivity contribution in [3.8, 4) is 0 Å². The minimum atomic E-state index is -0.0710. The highest BCUT2D eigenvalue weighted by atomic mass is 28.2. The van der Waals surface area contributed by atoms with E-state index >= 15 is 0 Å². The Morgan fingerprint density at radius 1 is 1.43 bits per heavy atom. The first kappa shape index (κ1) is 7.09. The van der Waals surface area contributed by atoms with Gasteiger partial charge in [0.05, 0.1) is 0 Å². The van der Waals surface area contributed by atoms with Crippen LogP contribution in [0.25, 0.3) is 0 Å². The average Bonchev–Trinajstić information content (AvgIpc) is 1.65. The maximum atomic E-state index is 2.34. The molecule has 0 N–H and O–H groups in total. The molecule has 0 saturated carbocycles. The fourth-order valence-corrected chi connectivity index (χ4v) is 1.00. The van der Waals surface area contributed by atoms with Crippen LogP contribution in [0.2, 0.25) is 12.1 Å². The van der Waals surface area contributed by atoms with Gasteiger partial charge in [0.15, 0.2) is 0 Å². The third kappa shape index (κ3) is 2.74. The largest absolute Gasteiger partial charge is 0.107 e. The van der Waals surface area contributed by atoms with Crippen LogP contribution < -0.4 is 0 Å². The molecule has 0 bridgehead atoms. The summed E-state index contributed by atoms with van der Waals surface area (Å²) >= 11 is 0. The smallest absolute Gasteiger partial charge is 0.00447 e. The molecule has 0 heterocycles. The quantitative estimate of drug-likeness (QED) is 0.457. The molecule has 0 aromatic carbocycles. The van der Waals surface area contributed by atoms with Crippen LogP contribution in [0.15, 0.2) is 0 Å². The van der Waals surface area contributed by atoms with Crippen molar-refractivity contribution in [1.29, 1.82) is 0 Å². The predicted octanol–water partition coefficient (Wildman–Crippen LogP) is 1.92. The van der Waals surface area contributed by atoms with Crippen molar-refractivity contribution in [2.24, 2.45) is 0 Å². The molecule has 0 nitrogen and oxygen atoms in total. The van der Waals surface area contributed by atoms with Crippen molar-refractivity contribution in [3.05, 3.63) is 0 Å². The molecule has 0 aromatic heterocycles. The van der Waals surface area contributed by atoms with Gasteiger partial charge >= 0.3 is 0 Å². The van der Waals surface area contributed by atoms with E-state index in [1.165, 1.54) is 0 Å². The third-order valence-corrected chi connectivity index (χ3v) is 4.10. The van der Waals surface area contributed by atoms with E-state index in [-0.39, 0.29) is 8.41 Å². The highest BCUT2D eigenvalue weighted by Crippen LogP contribution is 1.98. The molecule has 0 atom stereocenters. The highest BCUT2D eigenvalue weighted by Gasteiger charge is 1.91. The van der Waals surface area contributed by atoms with Gasteiger partial charge < -0.3 is 0 Å². The Labute approximate surface area is 47.8 Å². The van der Waals surface area contributed by atoms with Gasteiger partial charge in [0.1, 0.15) is 0 Å². The molecule has 0 aliphatic heterocycles. The monoisotopic (exact) mass is 114 g/mol. The zero-order valence-corrected chi connectivity index (χ0v) is 6.65. The Morgan fingerprint density at radius 2 is 1.86 bits per heavy atom. The molecular formula is C6H14Si. The predicted molar refractivity (Wildman–Crippen MR) is 38.5 cm³/mol. The second kappa shape index (κ2) is 3.14. The third-order valence-electron chi connectivity index (χ3n) is 1.37. The SMILES string of the molecule is CC=[Si](C)C(C)C. The Bertz CT molecular complexity index is 72.2. The van der Waals surface area contributed by atoms with E-state index in [1.54, 1.807) is 0 Å². The first-order chi connectivity index (χ1) is 3.18. The van der Waals surface area contributed by atoms with E-state index in [9.17, 15) is 0 Å². The van der Waals surface area contributed by atoms with Gasteiger partial charge in [0.25, 0.3) is 0 Å². The molecular weight excluding hydrogens is 100 g/mol. The normalized spacial score (nSPS) is 13.0. The summed E-state index contributed by atoms with van der Waals surface area (Å²) < 4.78 is 0. The van der Waals surface area contributed by atoms with Crippen molar-refractivity contribution in [1.82, 2.24) is 0 Å². The van der Waals surface area contributed by atoms with Gasteiger partial charge in [-0.15, -0.1) is 5.67 Å². The second-order valence-electron chi connectivity index (χ2n) is 2.19. The molecule has 0 saturated heterocycles. The summed E-state index contributed by atoms with van der Waals surface area (Å²) in [6.45, 7) is 9.08. The maximum Gasteiger partial charge on any atom is 0.00447 e. The Hall–Kier alpha value is 0.0869. The zero-order valence-electron chi connectivity index (χ0n) is 5.65. The fraction of sp³-hybridized carbons (Fsp3) is 0.833. The van der Waals surface area contributed by atoms with Crippen LogP contribution in [0.4, 0.5) is 0 Å². The van der Waals surface area contributed by atoms with Gasteiger partial charge in [0.2, 0.25) is 0 Å². The lowest BCUT2D eigenvalue weighted by atomic mass is 10.6. The molecule has 1 heteroatoms. The molecule has 0 aliphatic carbocycles. The van der Waals surface area contributed by atoms with Gasteiger partial charge in [-0.05, 0) is 5.54 Å². The van der Waals surface area contributed by atoms with E-state index in [2.05, 4.69) is 33.0 Å². The lowest BCUT2D eigenvalue weighted by molar-refractivity contribution is 1.06. The maximum absolute atomic E-state index is 2.34. The van der Waals surface area contributed by atoms with Gasteiger partial charge in [-0.1, -0.05) is 27.3 Å². The van der Waals surface area contributed by atoms with Crippen molar-refractivity contribution in [3.63, 3.8) is 0 Å². The van der Waals surface area contributed by atoms with Crippen LogP contribution >= 0.6 is 0 Å². The van der Waals surface area contributed by atoms with Gasteiger partial charge in [-0.3, -0.25) is 0 Å². The van der Waals surface area contributed by atoms with Crippen molar-refractivity contribution < 1.29 is 0 Å². The van der Waals surface area contributed by atoms with Gasteiger partial charge in [-0.25, -0.2) is 0 Å². The Morgan fingerprint density at radius 3 is 1.86 bits per heavy atom. The summed E-state index contributed by atoms with van der Waals surface area (Å²) in [5.74, 6) is 0. The molecule has 42 valence electrons. The minimum Gasteiger partial charge on any atom is -0.107 e. The summed E-state index contributed by atoms with van der Waals surface area (Å²) in [5.41, 5.74) is 3.25. The summed E-state index contributed by atoms with van der Waals surface area (Å²) in [5, 5.41) is 0. The van der Waals surface area contributed by atoms with Crippen LogP contribution in [0.1, 0.15) is 20.8 Å². The van der Waals surface area contributed by atoms with Gasteiger partial charge in [-0.2, -0.15) is 0 Å². The lowest BCUT2D eigenvalue weighted by Gasteiger charge is -1.98. The number of hydrogen-bond acceptors (Lipinski definition) is 0. The number of hydrogen-bond donors (Lipinski definition) is 0. The van der Waals surface area contributed by atoms with Gasteiger partial charge in [0, 0.05) is 8.41 Å². The van der Waals surface area contributed by atoms with E-state index in [0.717, 1.165) is 5.54 Å². The molecule has 0 fully saturated rings. The zero-order chi connectivity index (χ0) is 5.86. The lowest BCUT2D eigenvalue weighted by Crippen LogP contribution is -2.00. The topological polar surface area (TPSA) is 0 Å². The first-order valence-corrected chi connectivity index (χ1v) is 4.96. The molecule has 0 aliphatic rings. The summed E-state index contributed by atoms with van der Waals surface area (Å²) in [6.07, 6.45) is 0. The Kier molecular flexibility index (Phi) is 3.18. The molecule has 0 rings (SSSR count). The van der Waals surface area contributed by atoms with Crippen LogP contribution in [-0.2, 0) is 0 Å². The molecule has 0 unspecified atom stereocenters. The summed E-state index contributed by atoms with van der Waals surface area (Å²) in [4.78, 5) is 0. The standard InChI is InChI=1S/C6H14Si/c1-5-7(4)6(2)3/h5-6H,1-4H3. The molecule has 7 heavy (non-hydrogen) atoms. The Balaban J connectivity index is 3.56. The van der Waals surface area contributed by atoms with E-state index in [1.807, 2.05) is 0 Å². The average molecular weight is 114 g/mol. The molecule has 0 spiro atoms. The van der Waals surface area contributed by atoms with Crippen molar-refractivity contribution >= 4 is 14.1 Å². The first-order valence-electron chi connectivity index (χ1n) is 2.81. The van der Waals surface area contributed by atoms with Crippen molar-refractivity contribution in [2.45, 2.75) is 32.9 Å². The molecule has 0 amide bonds. The van der Waals surface area contributed by atoms with Crippen LogP contribution in [0.5, 0.6) is 0 Å². The number of rotatable bonds is 1. The van der Waals surface area contributed by atoms with Crippen LogP contribution in [-0.4, -0.2) is 14.1 Å². The second-order valence-corrected chi connectivity index (χ2v) is 5.41. The van der Waals surface area contributed by atoms with E-state index in [4.69, 9.17) is 0 Å². The summed E-state index contributed by atoms with van der Waals surface area (Å²) in [7, 11) is -0.0710. The molecule has 0 radical (unpaired) electrons. The summed E-state index contributed by atoms with van der Waals surface area (Å²) in [6, 6.07) is 0. The van der Waals surface area contributed by atoms with Crippen molar-refractivity contribution in [2.75, 3.05) is 0 Å². The minimum absolute atomic E-state index is 0.0710. The highest BCUT2D eigenvalue weighted by molar-refractivity contribution is 6.65.